The van der Waals surface area contributed by atoms with Gasteiger partial charge in [-0.2, -0.15) is 0 Å². The predicted molar refractivity (Wildman–Crippen MR) is 75.7 cm³/mol. The molecule has 0 radical (unpaired) electrons. The van der Waals surface area contributed by atoms with Gasteiger partial charge in [-0.3, -0.25) is 0 Å². The van der Waals surface area contributed by atoms with E-state index in [1.165, 1.54) is 11.1 Å². The number of nitrogens with zero attached hydrogens (tertiary/aromatic N) is 1. The molecule has 3 nitrogen and oxygen atoms in total. The minimum Gasteiger partial charge on any atom is -0.489 e. The van der Waals surface area contributed by atoms with E-state index in [0.29, 0.717) is 12.5 Å². The van der Waals surface area contributed by atoms with Gasteiger partial charge in [0, 0.05) is 12.3 Å². The summed E-state index contributed by atoms with van der Waals surface area (Å²) < 4.78 is 10.9. The number of methoxy groups -OCH3 is 1. The first kappa shape index (κ1) is 13.4. The lowest BCUT2D eigenvalue weighted by Gasteiger charge is -2.10. The van der Waals surface area contributed by atoms with Crippen LogP contribution in [0.3, 0.4) is 0 Å². The lowest BCUT2D eigenvalue weighted by atomic mass is 10.1. The summed E-state index contributed by atoms with van der Waals surface area (Å²) in [6, 6.07) is 10.1. The fraction of sp³-hybridized carbons (Fsp3) is 0.312. The van der Waals surface area contributed by atoms with Gasteiger partial charge in [0.05, 0.1) is 7.11 Å². The van der Waals surface area contributed by atoms with E-state index in [2.05, 4.69) is 31.0 Å². The van der Waals surface area contributed by atoms with Gasteiger partial charge in [0.15, 0.2) is 0 Å². The summed E-state index contributed by atoms with van der Waals surface area (Å²) in [5, 5.41) is 0. The van der Waals surface area contributed by atoms with Crippen LogP contribution in [0.4, 0.5) is 0 Å². The van der Waals surface area contributed by atoms with Crippen molar-refractivity contribution >= 4 is 0 Å². The molecule has 0 aliphatic carbocycles. The number of aryl methyl sites for hydroxylation is 2. The maximum Gasteiger partial charge on any atom is 0.213 e. The average Bonchev–Trinajstić information content (AvgIpc) is 2.46. The minimum absolute atomic E-state index is 0.519. The van der Waals surface area contributed by atoms with E-state index in [-0.39, 0.29) is 0 Å². The Hall–Kier alpha value is -2.03. The van der Waals surface area contributed by atoms with Crippen LogP contribution in [0.2, 0.25) is 0 Å². The van der Waals surface area contributed by atoms with Crippen LogP contribution in [0.15, 0.2) is 36.5 Å². The highest BCUT2D eigenvalue weighted by atomic mass is 16.5. The third kappa shape index (κ3) is 3.47. The Kier molecular flexibility index (Phi) is 4.39. The topological polar surface area (TPSA) is 31.4 Å². The SMILES string of the molecule is CCc1ccc(OCc2ccnc(OC)c2)c(C)c1. The van der Waals surface area contributed by atoms with Gasteiger partial charge in [0.1, 0.15) is 12.4 Å². The largest absolute Gasteiger partial charge is 0.489 e. The Balaban J connectivity index is 2.05. The summed E-state index contributed by atoms with van der Waals surface area (Å²) >= 11 is 0. The second-order valence-electron chi connectivity index (χ2n) is 4.45. The van der Waals surface area contributed by atoms with E-state index in [0.717, 1.165) is 17.7 Å². The average molecular weight is 257 g/mol. The Morgan fingerprint density at radius 1 is 1.11 bits per heavy atom. The monoisotopic (exact) mass is 257 g/mol. The van der Waals surface area contributed by atoms with Crippen LogP contribution in [-0.4, -0.2) is 12.1 Å². The van der Waals surface area contributed by atoms with E-state index in [1.54, 1.807) is 13.3 Å². The van der Waals surface area contributed by atoms with E-state index >= 15 is 0 Å². The molecule has 3 heteroatoms. The molecule has 0 aliphatic heterocycles. The van der Waals surface area contributed by atoms with Crippen molar-refractivity contribution < 1.29 is 9.47 Å². The first-order valence-corrected chi connectivity index (χ1v) is 6.44. The Bertz CT molecular complexity index is 552. The molecule has 1 aromatic carbocycles. The number of hydrogen-bond acceptors (Lipinski definition) is 3. The summed E-state index contributed by atoms with van der Waals surface area (Å²) in [5.41, 5.74) is 3.54. The normalized spacial score (nSPS) is 10.3. The van der Waals surface area contributed by atoms with Gasteiger partial charge in [-0.25, -0.2) is 4.98 Å². The molecule has 0 fully saturated rings. The van der Waals surface area contributed by atoms with E-state index < -0.39 is 0 Å². The Morgan fingerprint density at radius 3 is 2.63 bits per heavy atom. The van der Waals surface area contributed by atoms with Crippen LogP contribution in [-0.2, 0) is 13.0 Å². The van der Waals surface area contributed by atoms with Gasteiger partial charge in [0.25, 0.3) is 0 Å². The van der Waals surface area contributed by atoms with Crippen molar-refractivity contribution in [2.45, 2.75) is 26.9 Å². The Labute approximate surface area is 114 Å². The zero-order valence-electron chi connectivity index (χ0n) is 11.6. The molecule has 19 heavy (non-hydrogen) atoms. The van der Waals surface area contributed by atoms with Crippen molar-refractivity contribution in [3.05, 3.63) is 53.2 Å². The molecule has 0 unspecified atom stereocenters. The van der Waals surface area contributed by atoms with Crippen molar-refractivity contribution in [1.82, 2.24) is 4.98 Å². The second kappa shape index (κ2) is 6.23. The first-order chi connectivity index (χ1) is 9.22. The molecule has 100 valence electrons. The highest BCUT2D eigenvalue weighted by Crippen LogP contribution is 2.21. The predicted octanol–water partition coefficient (Wildman–Crippen LogP) is 3.54. The van der Waals surface area contributed by atoms with Gasteiger partial charge >= 0.3 is 0 Å². The molecule has 2 rings (SSSR count). The Morgan fingerprint density at radius 2 is 1.95 bits per heavy atom. The van der Waals surface area contributed by atoms with Gasteiger partial charge in [0.2, 0.25) is 5.88 Å². The number of rotatable bonds is 5. The van der Waals surface area contributed by atoms with Gasteiger partial charge in [-0.15, -0.1) is 0 Å². The quantitative estimate of drug-likeness (QED) is 0.821. The highest BCUT2D eigenvalue weighted by Gasteiger charge is 2.02. The zero-order chi connectivity index (χ0) is 13.7. The summed E-state index contributed by atoms with van der Waals surface area (Å²) in [6.07, 6.45) is 2.77. The minimum atomic E-state index is 0.519. The lowest BCUT2D eigenvalue weighted by Crippen LogP contribution is -1.98. The fourth-order valence-electron chi connectivity index (χ4n) is 1.91. The molecule has 1 heterocycles. The number of benzene rings is 1. The van der Waals surface area contributed by atoms with E-state index in [9.17, 15) is 0 Å². The number of ether oxygens (including phenoxy) is 2. The van der Waals surface area contributed by atoms with Crippen molar-refractivity contribution in [3.8, 4) is 11.6 Å². The lowest BCUT2D eigenvalue weighted by molar-refractivity contribution is 0.302. The summed E-state index contributed by atoms with van der Waals surface area (Å²) in [7, 11) is 1.61. The first-order valence-electron chi connectivity index (χ1n) is 6.44. The van der Waals surface area contributed by atoms with E-state index in [1.807, 2.05) is 18.2 Å². The van der Waals surface area contributed by atoms with Crippen LogP contribution in [0.1, 0.15) is 23.6 Å². The summed E-state index contributed by atoms with van der Waals surface area (Å²) in [6.45, 7) is 4.74. The third-order valence-corrected chi connectivity index (χ3v) is 3.05. The molecule has 2 aromatic rings. The molecule has 0 atom stereocenters. The zero-order valence-corrected chi connectivity index (χ0v) is 11.6. The maximum absolute atomic E-state index is 5.84. The molecular weight excluding hydrogens is 238 g/mol. The molecule has 1 aromatic heterocycles. The van der Waals surface area contributed by atoms with Gasteiger partial charge in [-0.05, 0) is 42.2 Å². The molecule has 0 amide bonds. The third-order valence-electron chi connectivity index (χ3n) is 3.05. The van der Waals surface area contributed by atoms with Crippen molar-refractivity contribution in [2.75, 3.05) is 7.11 Å². The van der Waals surface area contributed by atoms with Crippen LogP contribution in [0.25, 0.3) is 0 Å². The van der Waals surface area contributed by atoms with E-state index in [4.69, 9.17) is 9.47 Å². The van der Waals surface area contributed by atoms with Crippen LogP contribution >= 0.6 is 0 Å². The smallest absolute Gasteiger partial charge is 0.213 e. The number of pyridine rings is 1. The van der Waals surface area contributed by atoms with Crippen molar-refractivity contribution in [1.29, 1.82) is 0 Å². The van der Waals surface area contributed by atoms with Gasteiger partial charge < -0.3 is 9.47 Å². The molecule has 0 N–H and O–H groups in total. The summed E-state index contributed by atoms with van der Waals surface area (Å²) in [5.74, 6) is 1.53. The van der Waals surface area contributed by atoms with Crippen molar-refractivity contribution in [3.63, 3.8) is 0 Å². The molecule has 0 saturated carbocycles. The van der Waals surface area contributed by atoms with Crippen LogP contribution in [0.5, 0.6) is 11.6 Å². The van der Waals surface area contributed by atoms with Gasteiger partial charge in [-0.1, -0.05) is 19.1 Å². The molecule has 0 bridgehead atoms. The fourth-order valence-corrected chi connectivity index (χ4v) is 1.91. The number of aromatic nitrogens is 1. The maximum atomic E-state index is 5.84. The molecule has 0 spiro atoms. The summed E-state index contributed by atoms with van der Waals surface area (Å²) in [4.78, 5) is 4.08. The molecule has 0 saturated heterocycles. The highest BCUT2D eigenvalue weighted by molar-refractivity contribution is 5.36. The standard InChI is InChI=1S/C16H19NO2/c1-4-13-5-6-15(12(2)9-13)19-11-14-7-8-17-16(10-14)18-3/h5-10H,4,11H2,1-3H3. The van der Waals surface area contributed by atoms with Crippen LogP contribution < -0.4 is 9.47 Å². The molecule has 0 aliphatic rings. The second-order valence-corrected chi connectivity index (χ2v) is 4.45. The van der Waals surface area contributed by atoms with Crippen molar-refractivity contribution in [2.24, 2.45) is 0 Å². The number of hydrogen-bond donors (Lipinski definition) is 0. The van der Waals surface area contributed by atoms with Crippen LogP contribution in [0, 0.1) is 6.92 Å². The molecular formula is C16H19NO2.